The summed E-state index contributed by atoms with van der Waals surface area (Å²) >= 11 is 6.13. The molecule has 0 bridgehead atoms. The number of aliphatic carboxylic acids is 1. The number of nitrogens with zero attached hydrogens (tertiary/aromatic N) is 3. The number of allylic oxidation sites excluding steroid dienone is 5. The molecule has 2 unspecified atom stereocenters. The van der Waals surface area contributed by atoms with Crippen molar-refractivity contribution in [2.75, 3.05) is 0 Å². The van der Waals surface area contributed by atoms with E-state index in [9.17, 15) is 18.8 Å². The summed E-state index contributed by atoms with van der Waals surface area (Å²) in [4.78, 5) is 41.9. The maximum Gasteiger partial charge on any atom is 0.303 e. The molecule has 2 aliphatic heterocycles. The van der Waals surface area contributed by atoms with Gasteiger partial charge >= 0.3 is 5.97 Å². The maximum atomic E-state index is 13.7. The highest BCUT2D eigenvalue weighted by Gasteiger charge is 2.39. The second kappa shape index (κ2) is 10.7. The summed E-state index contributed by atoms with van der Waals surface area (Å²) in [5.74, 6) is -2.54. The van der Waals surface area contributed by atoms with E-state index in [0.29, 0.717) is 33.2 Å². The summed E-state index contributed by atoms with van der Waals surface area (Å²) in [7, 11) is 0. The third kappa shape index (κ3) is 5.13. The van der Waals surface area contributed by atoms with Crippen molar-refractivity contribution in [2.45, 2.75) is 31.7 Å². The number of rotatable bonds is 7. The Morgan fingerprint density at radius 2 is 1.79 bits per heavy atom. The van der Waals surface area contributed by atoms with Crippen molar-refractivity contribution in [3.05, 3.63) is 100 Å². The normalized spacial score (nSPS) is 20.4. The van der Waals surface area contributed by atoms with Gasteiger partial charge in [0, 0.05) is 30.2 Å². The van der Waals surface area contributed by atoms with Crippen molar-refractivity contribution in [1.29, 1.82) is 0 Å². The van der Waals surface area contributed by atoms with Crippen LogP contribution in [0.3, 0.4) is 0 Å². The summed E-state index contributed by atoms with van der Waals surface area (Å²) in [5.41, 5.74) is 3.47. The largest absolute Gasteiger partial charge is 0.481 e. The number of hydrogen-bond donors (Lipinski definition) is 1. The highest BCUT2D eigenvalue weighted by atomic mass is 35.5. The van der Waals surface area contributed by atoms with E-state index in [1.54, 1.807) is 30.3 Å². The molecule has 38 heavy (non-hydrogen) atoms. The Morgan fingerprint density at radius 3 is 2.50 bits per heavy atom. The summed E-state index contributed by atoms with van der Waals surface area (Å²) in [6.07, 6.45) is 7.65. The number of carbonyl (C=O) groups excluding carboxylic acids is 2. The molecule has 3 aliphatic rings. The third-order valence-corrected chi connectivity index (χ3v) is 6.92. The number of benzene rings is 2. The van der Waals surface area contributed by atoms with Crippen LogP contribution in [-0.2, 0) is 14.4 Å². The van der Waals surface area contributed by atoms with Gasteiger partial charge in [0.2, 0.25) is 5.91 Å². The minimum absolute atomic E-state index is 0.0315. The van der Waals surface area contributed by atoms with E-state index in [0.717, 1.165) is 5.56 Å². The highest BCUT2D eigenvalue weighted by Crippen LogP contribution is 2.40. The van der Waals surface area contributed by atoms with Crippen LogP contribution in [0.1, 0.15) is 42.9 Å². The minimum Gasteiger partial charge on any atom is -0.481 e. The van der Waals surface area contributed by atoms with Crippen molar-refractivity contribution >= 4 is 46.4 Å². The van der Waals surface area contributed by atoms with Crippen molar-refractivity contribution in [3.8, 4) is 0 Å². The molecule has 0 fully saturated rings. The number of carbonyl (C=O) groups is 3. The molecule has 0 saturated carbocycles. The van der Waals surface area contributed by atoms with Gasteiger partial charge in [0.25, 0.3) is 5.91 Å². The zero-order valence-electron chi connectivity index (χ0n) is 20.2. The maximum absolute atomic E-state index is 13.7. The first-order valence-electron chi connectivity index (χ1n) is 12.2. The molecule has 0 aromatic heterocycles. The first-order chi connectivity index (χ1) is 18.3. The fourth-order valence-electron chi connectivity index (χ4n) is 4.90. The van der Waals surface area contributed by atoms with Crippen molar-refractivity contribution < 1.29 is 23.9 Å². The molecular weight excluding hydrogens is 509 g/mol. The Morgan fingerprint density at radius 1 is 1.05 bits per heavy atom. The van der Waals surface area contributed by atoms with Crippen LogP contribution in [0, 0.1) is 11.7 Å². The SMILES string of the molecule is O=C(O)CCCC(=O)N1N=C(C2=C(c3ccc(Cl)cc3)C3C=CC=CC3=NC2=O)CC1c1ccc(F)cc1. The van der Waals surface area contributed by atoms with Crippen LogP contribution in [0.15, 0.2) is 88.5 Å². The summed E-state index contributed by atoms with van der Waals surface area (Å²) in [6, 6.07) is 12.4. The van der Waals surface area contributed by atoms with Crippen LogP contribution in [0.25, 0.3) is 5.57 Å². The third-order valence-electron chi connectivity index (χ3n) is 6.67. The first kappa shape index (κ1) is 25.5. The zero-order valence-corrected chi connectivity index (χ0v) is 20.9. The summed E-state index contributed by atoms with van der Waals surface area (Å²) < 4.78 is 13.7. The van der Waals surface area contributed by atoms with Crippen LogP contribution < -0.4 is 0 Å². The van der Waals surface area contributed by atoms with E-state index < -0.39 is 23.7 Å². The fraction of sp³-hybridized carbons (Fsp3) is 0.207. The molecule has 9 heteroatoms. The number of halogens is 2. The lowest BCUT2D eigenvalue weighted by molar-refractivity contribution is -0.137. The highest BCUT2D eigenvalue weighted by molar-refractivity contribution is 6.34. The Hall–Kier alpha value is -4.17. The van der Waals surface area contributed by atoms with Crippen LogP contribution in [-0.4, -0.2) is 39.3 Å². The molecule has 7 nitrogen and oxygen atoms in total. The zero-order chi connectivity index (χ0) is 26.8. The van der Waals surface area contributed by atoms with Gasteiger partial charge in [0.1, 0.15) is 5.82 Å². The van der Waals surface area contributed by atoms with Crippen LogP contribution in [0.5, 0.6) is 0 Å². The fourth-order valence-corrected chi connectivity index (χ4v) is 5.03. The molecule has 0 radical (unpaired) electrons. The van der Waals surface area contributed by atoms with Crippen LogP contribution in [0.2, 0.25) is 5.02 Å². The lowest BCUT2D eigenvalue weighted by atomic mass is 9.79. The predicted molar refractivity (Wildman–Crippen MR) is 142 cm³/mol. The molecular formula is C29H23ClFN3O4. The van der Waals surface area contributed by atoms with Crippen molar-refractivity contribution in [2.24, 2.45) is 16.0 Å². The molecule has 0 saturated heterocycles. The lowest BCUT2D eigenvalue weighted by Gasteiger charge is -2.26. The Bertz CT molecular complexity index is 1460. The van der Waals surface area contributed by atoms with Gasteiger partial charge in [-0.2, -0.15) is 5.10 Å². The van der Waals surface area contributed by atoms with E-state index in [1.165, 1.54) is 17.1 Å². The Balaban J connectivity index is 1.59. The molecule has 1 aliphatic carbocycles. The lowest BCUT2D eigenvalue weighted by Crippen LogP contribution is -2.27. The number of dihydropyridines is 1. The Kier molecular flexibility index (Phi) is 7.15. The number of fused-ring (bicyclic) bond motifs is 1. The van der Waals surface area contributed by atoms with Gasteiger partial charge in [0.15, 0.2) is 0 Å². The van der Waals surface area contributed by atoms with E-state index in [1.807, 2.05) is 30.4 Å². The molecule has 2 amide bonds. The van der Waals surface area contributed by atoms with Gasteiger partial charge in [-0.25, -0.2) is 14.4 Å². The molecule has 2 heterocycles. The van der Waals surface area contributed by atoms with Crippen LogP contribution in [0.4, 0.5) is 4.39 Å². The first-order valence-corrected chi connectivity index (χ1v) is 12.5. The summed E-state index contributed by atoms with van der Waals surface area (Å²) in [5, 5.41) is 15.4. The second-order valence-electron chi connectivity index (χ2n) is 9.16. The van der Waals surface area contributed by atoms with Crippen LogP contribution >= 0.6 is 11.6 Å². The topological polar surface area (TPSA) is 99.4 Å². The average molecular weight is 532 g/mol. The number of aliphatic imine (C=N–C) groups is 1. The average Bonchev–Trinajstić information content (AvgIpc) is 3.34. The van der Waals surface area contributed by atoms with Gasteiger partial charge < -0.3 is 5.11 Å². The molecule has 2 atom stereocenters. The smallest absolute Gasteiger partial charge is 0.303 e. The predicted octanol–water partition coefficient (Wildman–Crippen LogP) is 5.54. The molecule has 5 rings (SSSR count). The standard InChI is InChI=1S/C29H23ClFN3O4/c30-19-12-8-18(9-13-19)27-21-4-1-2-5-22(21)32-29(38)28(27)23-16-24(17-10-14-20(31)15-11-17)34(33-23)25(35)6-3-7-26(36)37/h1-2,4-5,8-15,21,24H,3,6-7,16H2,(H,36,37). The monoisotopic (exact) mass is 531 g/mol. The summed E-state index contributed by atoms with van der Waals surface area (Å²) in [6.45, 7) is 0. The minimum atomic E-state index is -0.993. The molecule has 0 spiro atoms. The quantitative estimate of drug-likeness (QED) is 0.507. The second-order valence-corrected chi connectivity index (χ2v) is 9.60. The molecule has 192 valence electrons. The van der Waals surface area contributed by atoms with E-state index >= 15 is 0 Å². The molecule has 2 aromatic carbocycles. The number of hydrogen-bond acceptors (Lipinski definition) is 4. The van der Waals surface area contributed by atoms with Gasteiger partial charge in [-0.15, -0.1) is 0 Å². The molecule has 2 aromatic rings. The van der Waals surface area contributed by atoms with E-state index in [-0.39, 0.29) is 37.5 Å². The molecule has 1 N–H and O–H groups in total. The van der Waals surface area contributed by atoms with Gasteiger partial charge in [-0.3, -0.25) is 14.4 Å². The van der Waals surface area contributed by atoms with Gasteiger partial charge in [-0.1, -0.05) is 54.1 Å². The van der Waals surface area contributed by atoms with E-state index in [4.69, 9.17) is 16.7 Å². The Labute approximate surface area is 223 Å². The van der Waals surface area contributed by atoms with Crippen molar-refractivity contribution in [3.63, 3.8) is 0 Å². The van der Waals surface area contributed by atoms with Gasteiger partial charge in [-0.05, 0) is 53.5 Å². The number of carboxylic acids is 1. The number of hydrazone groups is 1. The van der Waals surface area contributed by atoms with Crippen molar-refractivity contribution in [1.82, 2.24) is 5.01 Å². The van der Waals surface area contributed by atoms with Gasteiger partial charge in [0.05, 0.1) is 23.0 Å². The number of amides is 2. The van der Waals surface area contributed by atoms with E-state index in [2.05, 4.69) is 10.1 Å². The number of carboxylic acid groups (broad SMARTS) is 1.